The van der Waals surface area contributed by atoms with E-state index in [2.05, 4.69) is 12.1 Å². The van der Waals surface area contributed by atoms with Crippen LogP contribution in [0.3, 0.4) is 0 Å². The van der Waals surface area contributed by atoms with Crippen molar-refractivity contribution in [1.82, 2.24) is 0 Å². The van der Waals surface area contributed by atoms with Crippen LogP contribution < -0.4 is 0 Å². The highest BCUT2D eigenvalue weighted by molar-refractivity contribution is 5.13. The molecule has 2 rings (SSSR count). The van der Waals surface area contributed by atoms with E-state index in [0.29, 0.717) is 19.1 Å². The Morgan fingerprint density at radius 3 is 2.71 bits per heavy atom. The van der Waals surface area contributed by atoms with Crippen LogP contribution in [0.15, 0.2) is 30.3 Å². The molecular formula is C14H20O3. The van der Waals surface area contributed by atoms with Crippen LogP contribution in [0.5, 0.6) is 0 Å². The molecule has 1 fully saturated rings. The Balaban J connectivity index is 1.63. The second-order valence-corrected chi connectivity index (χ2v) is 4.58. The van der Waals surface area contributed by atoms with E-state index in [9.17, 15) is 0 Å². The molecule has 17 heavy (non-hydrogen) atoms. The molecule has 0 aromatic heterocycles. The second kappa shape index (κ2) is 6.74. The number of ether oxygens (including phenoxy) is 2. The minimum atomic E-state index is 0.0420. The van der Waals surface area contributed by atoms with Gasteiger partial charge >= 0.3 is 0 Å². The Morgan fingerprint density at radius 2 is 2.06 bits per heavy atom. The molecule has 1 saturated heterocycles. The van der Waals surface area contributed by atoms with Gasteiger partial charge in [0.1, 0.15) is 0 Å². The highest BCUT2D eigenvalue weighted by Crippen LogP contribution is 2.19. The van der Waals surface area contributed by atoms with E-state index in [4.69, 9.17) is 14.6 Å². The van der Waals surface area contributed by atoms with Gasteiger partial charge in [-0.1, -0.05) is 30.3 Å². The lowest BCUT2D eigenvalue weighted by Crippen LogP contribution is -2.30. The number of hydrogen-bond acceptors (Lipinski definition) is 3. The summed E-state index contributed by atoms with van der Waals surface area (Å²) in [5.41, 5.74) is 1.21. The van der Waals surface area contributed by atoms with Crippen LogP contribution in [0.4, 0.5) is 0 Å². The van der Waals surface area contributed by atoms with Crippen LogP contribution in [0, 0.1) is 5.92 Å². The predicted molar refractivity (Wildman–Crippen MR) is 65.6 cm³/mol. The van der Waals surface area contributed by atoms with Gasteiger partial charge < -0.3 is 14.6 Å². The van der Waals surface area contributed by atoms with Crippen molar-refractivity contribution in [1.29, 1.82) is 0 Å². The first-order valence-corrected chi connectivity index (χ1v) is 6.22. The lowest BCUT2D eigenvalue weighted by molar-refractivity contribution is -0.0633. The molecule has 2 atom stereocenters. The summed E-state index contributed by atoms with van der Waals surface area (Å²) in [4.78, 5) is 0. The fourth-order valence-corrected chi connectivity index (χ4v) is 2.05. The maximum atomic E-state index is 8.95. The molecule has 94 valence electrons. The fourth-order valence-electron chi connectivity index (χ4n) is 2.05. The van der Waals surface area contributed by atoms with Crippen molar-refractivity contribution in [2.45, 2.75) is 25.6 Å². The van der Waals surface area contributed by atoms with Crippen LogP contribution >= 0.6 is 0 Å². The summed E-state index contributed by atoms with van der Waals surface area (Å²) in [6, 6.07) is 10.2. The zero-order valence-electron chi connectivity index (χ0n) is 10.0. The van der Waals surface area contributed by atoms with Gasteiger partial charge in [0.05, 0.1) is 32.5 Å². The Labute approximate surface area is 102 Å². The van der Waals surface area contributed by atoms with Gasteiger partial charge in [-0.25, -0.2) is 0 Å². The van der Waals surface area contributed by atoms with Crippen molar-refractivity contribution in [3.8, 4) is 0 Å². The minimum absolute atomic E-state index is 0.0420. The van der Waals surface area contributed by atoms with Crippen LogP contribution in [-0.4, -0.2) is 31.0 Å². The number of hydrogen-bond donors (Lipinski definition) is 1. The molecule has 0 unspecified atom stereocenters. The van der Waals surface area contributed by atoms with Gasteiger partial charge in [0.25, 0.3) is 0 Å². The Kier molecular flexibility index (Phi) is 4.98. The standard InChI is InChI=1S/C14H20O3/c15-8-14-7-6-13(11-17-14)10-16-9-12-4-2-1-3-5-12/h1-5,13-15H,6-11H2/t13-,14-/m1/s1. The summed E-state index contributed by atoms with van der Waals surface area (Å²) in [5, 5.41) is 8.95. The van der Waals surface area contributed by atoms with Gasteiger partial charge in [-0.2, -0.15) is 0 Å². The van der Waals surface area contributed by atoms with Gasteiger partial charge in [-0.05, 0) is 18.4 Å². The summed E-state index contributed by atoms with van der Waals surface area (Å²) in [7, 11) is 0. The van der Waals surface area contributed by atoms with Gasteiger partial charge in [0.2, 0.25) is 0 Å². The molecule has 1 N–H and O–H groups in total. The van der Waals surface area contributed by atoms with Crippen molar-refractivity contribution in [3.05, 3.63) is 35.9 Å². The van der Waals surface area contributed by atoms with Crippen molar-refractivity contribution < 1.29 is 14.6 Å². The first-order chi connectivity index (χ1) is 8.38. The third-order valence-electron chi connectivity index (χ3n) is 3.13. The number of aliphatic hydroxyl groups excluding tert-OH is 1. The maximum Gasteiger partial charge on any atom is 0.0806 e. The quantitative estimate of drug-likeness (QED) is 0.849. The molecule has 3 nitrogen and oxygen atoms in total. The summed E-state index contributed by atoms with van der Waals surface area (Å²) >= 11 is 0. The zero-order valence-corrected chi connectivity index (χ0v) is 10.0. The molecule has 0 bridgehead atoms. The van der Waals surface area contributed by atoms with E-state index in [-0.39, 0.29) is 12.7 Å². The average Bonchev–Trinajstić information content (AvgIpc) is 2.41. The topological polar surface area (TPSA) is 38.7 Å². The van der Waals surface area contributed by atoms with E-state index in [0.717, 1.165) is 19.4 Å². The molecule has 3 heteroatoms. The van der Waals surface area contributed by atoms with E-state index in [1.165, 1.54) is 5.56 Å². The second-order valence-electron chi connectivity index (χ2n) is 4.58. The summed E-state index contributed by atoms with van der Waals surface area (Å²) < 4.78 is 11.2. The molecular weight excluding hydrogens is 216 g/mol. The molecule has 0 aliphatic carbocycles. The number of aliphatic hydroxyl groups is 1. The van der Waals surface area contributed by atoms with E-state index < -0.39 is 0 Å². The molecule has 0 saturated carbocycles. The zero-order chi connectivity index (χ0) is 11.9. The van der Waals surface area contributed by atoms with Gasteiger partial charge in [0, 0.05) is 5.92 Å². The third-order valence-corrected chi connectivity index (χ3v) is 3.13. The normalized spacial score (nSPS) is 24.8. The molecule has 1 aliphatic heterocycles. The summed E-state index contributed by atoms with van der Waals surface area (Å²) in [6.07, 6.45) is 2.07. The molecule has 0 amide bonds. The predicted octanol–water partition coefficient (Wildman–Crippen LogP) is 1.99. The van der Waals surface area contributed by atoms with Crippen molar-refractivity contribution >= 4 is 0 Å². The number of rotatable bonds is 5. The lowest BCUT2D eigenvalue weighted by Gasteiger charge is -2.27. The van der Waals surface area contributed by atoms with Crippen molar-refractivity contribution in [3.63, 3.8) is 0 Å². The number of benzene rings is 1. The molecule has 1 aromatic carbocycles. The Bertz CT molecular complexity index is 305. The SMILES string of the molecule is OC[C@H]1CC[C@H](COCc2ccccc2)CO1. The monoisotopic (exact) mass is 236 g/mol. The van der Waals surface area contributed by atoms with E-state index in [1.54, 1.807) is 0 Å². The van der Waals surface area contributed by atoms with Crippen LogP contribution in [-0.2, 0) is 16.1 Å². The Hall–Kier alpha value is -0.900. The lowest BCUT2D eigenvalue weighted by atomic mass is 9.99. The molecule has 1 aliphatic rings. The largest absolute Gasteiger partial charge is 0.394 e. The minimum Gasteiger partial charge on any atom is -0.394 e. The smallest absolute Gasteiger partial charge is 0.0806 e. The highest BCUT2D eigenvalue weighted by Gasteiger charge is 2.20. The Morgan fingerprint density at radius 1 is 1.24 bits per heavy atom. The molecule has 0 radical (unpaired) electrons. The first-order valence-electron chi connectivity index (χ1n) is 6.22. The van der Waals surface area contributed by atoms with Crippen LogP contribution in [0.2, 0.25) is 0 Å². The molecule has 1 aromatic rings. The summed E-state index contributed by atoms with van der Waals surface area (Å²) in [5.74, 6) is 0.474. The molecule has 0 spiro atoms. The van der Waals surface area contributed by atoms with Crippen molar-refractivity contribution in [2.75, 3.05) is 19.8 Å². The van der Waals surface area contributed by atoms with Gasteiger partial charge in [0.15, 0.2) is 0 Å². The van der Waals surface area contributed by atoms with E-state index in [1.807, 2.05) is 18.2 Å². The van der Waals surface area contributed by atoms with E-state index >= 15 is 0 Å². The van der Waals surface area contributed by atoms with Crippen LogP contribution in [0.1, 0.15) is 18.4 Å². The third kappa shape index (κ3) is 4.11. The van der Waals surface area contributed by atoms with Crippen molar-refractivity contribution in [2.24, 2.45) is 5.92 Å². The van der Waals surface area contributed by atoms with Gasteiger partial charge in [-0.15, -0.1) is 0 Å². The summed E-state index contributed by atoms with van der Waals surface area (Å²) in [6.45, 7) is 2.26. The average molecular weight is 236 g/mol. The first kappa shape index (κ1) is 12.6. The van der Waals surface area contributed by atoms with Gasteiger partial charge in [-0.3, -0.25) is 0 Å². The molecule has 1 heterocycles. The van der Waals surface area contributed by atoms with Crippen LogP contribution in [0.25, 0.3) is 0 Å². The maximum absolute atomic E-state index is 8.95. The fraction of sp³-hybridized carbons (Fsp3) is 0.571. The highest BCUT2D eigenvalue weighted by atomic mass is 16.5.